The van der Waals surface area contributed by atoms with Crippen LogP contribution in [0.3, 0.4) is 0 Å². The number of nitrogens with one attached hydrogen (secondary N) is 1. The van der Waals surface area contributed by atoms with Gasteiger partial charge in [-0.25, -0.2) is 9.59 Å². The molecule has 0 saturated carbocycles. The number of amides is 3. The maximum absolute atomic E-state index is 13.8. The molecule has 0 aliphatic carbocycles. The summed E-state index contributed by atoms with van der Waals surface area (Å²) in [6, 6.07) is 8.57. The van der Waals surface area contributed by atoms with E-state index in [0.717, 1.165) is 12.0 Å². The van der Waals surface area contributed by atoms with Crippen LogP contribution in [-0.2, 0) is 35.0 Å². The molecule has 2 aromatic rings. The topological polar surface area (TPSA) is 178 Å². The molecule has 54 heavy (non-hydrogen) atoms. The number of hydrogen-bond acceptors (Lipinski definition) is 11. The monoisotopic (exact) mass is 756 g/mol. The third-order valence-electron chi connectivity index (χ3n) is 9.89. The van der Waals surface area contributed by atoms with Crippen LogP contribution in [-0.4, -0.2) is 92.9 Å². The quantitative estimate of drug-likeness (QED) is 0.0952. The van der Waals surface area contributed by atoms with Crippen LogP contribution < -0.4 is 20.5 Å². The average molecular weight is 757 g/mol. The first-order valence-electron chi connectivity index (χ1n) is 18.6. The lowest BCUT2D eigenvalue weighted by molar-refractivity contribution is -0.130. The van der Waals surface area contributed by atoms with Gasteiger partial charge in [-0.2, -0.15) is 0 Å². The minimum absolute atomic E-state index is 0.0627. The van der Waals surface area contributed by atoms with Crippen molar-refractivity contribution in [1.29, 1.82) is 0 Å². The second-order valence-electron chi connectivity index (χ2n) is 15.1. The molecule has 0 radical (unpaired) electrons. The molecule has 1 aliphatic heterocycles. The Kier molecular flexibility index (Phi) is 17.0. The van der Waals surface area contributed by atoms with Gasteiger partial charge in [-0.3, -0.25) is 19.5 Å². The Labute approximate surface area is 319 Å². The maximum atomic E-state index is 13.8. The highest BCUT2D eigenvalue weighted by atomic mass is 16.7. The second kappa shape index (κ2) is 20.9. The van der Waals surface area contributed by atoms with Crippen LogP contribution >= 0.6 is 0 Å². The molecule has 14 nitrogen and oxygen atoms in total. The summed E-state index contributed by atoms with van der Waals surface area (Å²) >= 11 is 0. The summed E-state index contributed by atoms with van der Waals surface area (Å²) < 4.78 is 34.1. The van der Waals surface area contributed by atoms with Gasteiger partial charge in [-0.05, 0) is 80.7 Å². The number of benzene rings is 1. The summed E-state index contributed by atoms with van der Waals surface area (Å²) in [7, 11) is 3.25. The molecular formula is C40H60N4O10. The number of methoxy groups -OCH3 is 2. The molecule has 0 spiro atoms. The van der Waals surface area contributed by atoms with E-state index in [2.05, 4.69) is 24.1 Å². The number of primary amides is 1. The lowest BCUT2D eigenvalue weighted by atomic mass is 9.80. The fraction of sp³-hybridized carbons (Fsp3) is 0.625. The molecule has 1 aliphatic rings. The maximum Gasteiger partial charge on any atom is 0.415 e. The van der Waals surface area contributed by atoms with Gasteiger partial charge in [0.25, 0.3) is 0 Å². The molecule has 3 rings (SSSR count). The third-order valence-corrected chi connectivity index (χ3v) is 9.89. The molecule has 1 fully saturated rings. The van der Waals surface area contributed by atoms with Crippen LogP contribution in [0, 0.1) is 29.1 Å². The van der Waals surface area contributed by atoms with E-state index in [4.69, 9.17) is 34.2 Å². The summed E-state index contributed by atoms with van der Waals surface area (Å²) in [5.41, 5.74) is 5.88. The fourth-order valence-electron chi connectivity index (χ4n) is 6.22. The minimum atomic E-state index is -1.20. The predicted molar refractivity (Wildman–Crippen MR) is 202 cm³/mol. The van der Waals surface area contributed by atoms with Gasteiger partial charge >= 0.3 is 12.1 Å². The van der Waals surface area contributed by atoms with Gasteiger partial charge in [0.15, 0.2) is 11.5 Å². The third kappa shape index (κ3) is 12.9. The Morgan fingerprint density at radius 1 is 1.00 bits per heavy atom. The zero-order valence-electron chi connectivity index (χ0n) is 33.3. The van der Waals surface area contributed by atoms with Gasteiger partial charge in [-0.15, -0.1) is 0 Å². The Morgan fingerprint density at radius 2 is 1.74 bits per heavy atom. The number of esters is 1. The molecule has 2 heterocycles. The van der Waals surface area contributed by atoms with Gasteiger partial charge in [0.2, 0.25) is 18.1 Å². The molecule has 300 valence electrons. The molecule has 1 unspecified atom stereocenters. The van der Waals surface area contributed by atoms with Crippen molar-refractivity contribution in [2.75, 3.05) is 40.7 Å². The fourth-order valence-corrected chi connectivity index (χ4v) is 6.22. The molecule has 1 saturated heterocycles. The first-order valence-corrected chi connectivity index (χ1v) is 18.6. The Morgan fingerprint density at radius 3 is 2.35 bits per heavy atom. The molecule has 1 aromatic carbocycles. The van der Waals surface area contributed by atoms with Gasteiger partial charge in [-0.1, -0.05) is 33.8 Å². The van der Waals surface area contributed by atoms with Crippen LogP contribution in [0.25, 0.3) is 0 Å². The first kappa shape index (κ1) is 44.0. The van der Waals surface area contributed by atoms with Crippen LogP contribution in [0.4, 0.5) is 4.79 Å². The number of ether oxygens (including phenoxy) is 6. The van der Waals surface area contributed by atoms with Crippen molar-refractivity contribution >= 4 is 23.9 Å². The zero-order valence-corrected chi connectivity index (χ0v) is 33.3. The van der Waals surface area contributed by atoms with Crippen LogP contribution in [0.5, 0.6) is 11.5 Å². The summed E-state index contributed by atoms with van der Waals surface area (Å²) in [5.74, 6) is -0.470. The smallest absolute Gasteiger partial charge is 0.415 e. The van der Waals surface area contributed by atoms with E-state index in [-0.39, 0.29) is 42.5 Å². The largest absolute Gasteiger partial charge is 0.493 e. The Bertz CT molecular complexity index is 1520. The van der Waals surface area contributed by atoms with Crippen molar-refractivity contribution in [3.63, 3.8) is 0 Å². The van der Waals surface area contributed by atoms with Crippen LogP contribution in [0.15, 0.2) is 42.7 Å². The standard InChI is InChI=1S/C40H60N4O10/c1-25(2)30(18-28-13-14-33(50-9)35(19-28)51-17-11-16-49-8)20-32-34(21-31(26(3)4)36(45)43-23-40(6,7)38(41)47)52-24-44(32)39(48)54-27(5)53-37(46)29-12-10-15-42-22-29/h10,12-15,19,22,25-27,30-32,34H,11,16-18,20-21,23-24H2,1-9H3,(H2,41,47)(H,43,45)/t27?,30-,31-,32-,34-/m0/s1. The highest BCUT2D eigenvalue weighted by molar-refractivity contribution is 5.89. The van der Waals surface area contributed by atoms with Gasteiger partial charge in [0.1, 0.15) is 6.73 Å². The first-order chi connectivity index (χ1) is 25.6. The highest BCUT2D eigenvalue weighted by Crippen LogP contribution is 2.36. The average Bonchev–Trinajstić information content (AvgIpc) is 3.53. The van der Waals surface area contributed by atoms with Crippen molar-refractivity contribution in [3.05, 3.63) is 53.9 Å². The van der Waals surface area contributed by atoms with E-state index in [0.29, 0.717) is 44.0 Å². The lowest BCUT2D eigenvalue weighted by Crippen LogP contribution is -2.47. The molecule has 0 bridgehead atoms. The SMILES string of the molecule is COCCCOc1cc(C[C@@H](C[C@H]2[C@H](C[C@H](C(=O)NCC(C)(C)C(N)=O)C(C)C)OCN2C(=O)OC(C)OC(=O)c2cccnc2)C(C)C)ccc1OC. The van der Waals surface area contributed by atoms with Crippen molar-refractivity contribution in [2.45, 2.75) is 92.6 Å². The predicted octanol–water partition coefficient (Wildman–Crippen LogP) is 5.37. The number of hydrogen-bond donors (Lipinski definition) is 2. The second-order valence-corrected chi connectivity index (χ2v) is 15.1. The number of carbonyl (C=O) groups is 4. The summed E-state index contributed by atoms with van der Waals surface area (Å²) in [6.07, 6.45) is 2.71. The summed E-state index contributed by atoms with van der Waals surface area (Å²) in [5, 5.41) is 2.91. The number of carbonyl (C=O) groups excluding carboxylic acids is 4. The highest BCUT2D eigenvalue weighted by Gasteiger charge is 2.43. The Hall–Kier alpha value is -4.43. The molecule has 3 N–H and O–H groups in total. The minimum Gasteiger partial charge on any atom is -0.493 e. The number of nitrogens with two attached hydrogens (primary N) is 1. The van der Waals surface area contributed by atoms with Gasteiger partial charge < -0.3 is 39.5 Å². The van der Waals surface area contributed by atoms with E-state index < -0.39 is 47.7 Å². The van der Waals surface area contributed by atoms with E-state index in [1.807, 2.05) is 32.0 Å². The lowest BCUT2D eigenvalue weighted by Gasteiger charge is -2.33. The van der Waals surface area contributed by atoms with E-state index in [1.165, 1.54) is 24.2 Å². The summed E-state index contributed by atoms with van der Waals surface area (Å²) in [6.45, 7) is 14.1. The number of aromatic nitrogens is 1. The van der Waals surface area contributed by atoms with Crippen molar-refractivity contribution in [1.82, 2.24) is 15.2 Å². The van der Waals surface area contributed by atoms with Crippen LogP contribution in [0.2, 0.25) is 0 Å². The Balaban J connectivity index is 1.87. The molecule has 3 amide bonds. The number of rotatable bonds is 21. The van der Waals surface area contributed by atoms with Crippen molar-refractivity contribution in [2.24, 2.45) is 34.8 Å². The number of pyridine rings is 1. The molecular weight excluding hydrogens is 696 g/mol. The zero-order chi connectivity index (χ0) is 40.0. The normalized spacial score (nSPS) is 17.5. The van der Waals surface area contributed by atoms with E-state index >= 15 is 0 Å². The van der Waals surface area contributed by atoms with Gasteiger partial charge in [0.05, 0.1) is 36.8 Å². The van der Waals surface area contributed by atoms with Crippen molar-refractivity contribution in [3.8, 4) is 11.5 Å². The molecule has 5 atom stereocenters. The van der Waals surface area contributed by atoms with Gasteiger partial charge in [0, 0.05) is 51.9 Å². The van der Waals surface area contributed by atoms with E-state index in [1.54, 1.807) is 40.2 Å². The van der Waals surface area contributed by atoms with Crippen molar-refractivity contribution < 1.29 is 47.6 Å². The van der Waals surface area contributed by atoms with E-state index in [9.17, 15) is 19.2 Å². The number of nitrogens with zero attached hydrogens (tertiary/aromatic N) is 2. The van der Waals surface area contributed by atoms with Crippen LogP contribution in [0.1, 0.15) is 83.7 Å². The molecule has 14 heteroatoms. The molecule has 1 aromatic heterocycles. The summed E-state index contributed by atoms with van der Waals surface area (Å²) in [4.78, 5) is 57.4.